The molecule has 13 heterocycles. The van der Waals surface area contributed by atoms with E-state index in [1.54, 1.807) is 50.0 Å². The van der Waals surface area contributed by atoms with Gasteiger partial charge in [0.25, 0.3) is 5.91 Å². The molecule has 0 spiro atoms. The van der Waals surface area contributed by atoms with Crippen molar-refractivity contribution in [2.24, 2.45) is 21.1 Å². The number of aryl methyl sites for hydroxylation is 8. The molecule has 2 aliphatic heterocycles. The predicted octanol–water partition coefficient (Wildman–Crippen LogP) is 21.6. The molecule has 14 rings (SSSR count). The number of oxazole rings is 1. The van der Waals surface area contributed by atoms with Crippen molar-refractivity contribution >= 4 is 40.3 Å². The highest BCUT2D eigenvalue weighted by Gasteiger charge is 2.33. The molecular weight excluding hydrogens is 1550 g/mol. The van der Waals surface area contributed by atoms with Crippen LogP contribution in [0, 0.1) is 34.6 Å². The molecule has 3 aliphatic rings. The number of alkyl halides is 3. The van der Waals surface area contributed by atoms with Gasteiger partial charge >= 0.3 is 6.18 Å². The molecule has 0 radical (unpaired) electrons. The molecule has 1 N–H and O–H groups in total. The number of hydrogen-bond donors (Lipinski definition) is 1. The zero-order valence-electron chi connectivity index (χ0n) is 75.1. The Kier molecular flexibility index (Phi) is 43.3. The third kappa shape index (κ3) is 37.5. The topological polar surface area (TPSA) is 289 Å². The van der Waals surface area contributed by atoms with Crippen LogP contribution in [0.15, 0.2) is 88.6 Å². The summed E-state index contributed by atoms with van der Waals surface area (Å²) in [5.41, 5.74) is 10.4. The van der Waals surface area contributed by atoms with Crippen molar-refractivity contribution in [2.75, 3.05) is 39.5 Å². The minimum Gasteiger partial charge on any atom is -0.446 e. The van der Waals surface area contributed by atoms with Crippen molar-refractivity contribution < 1.29 is 36.4 Å². The highest BCUT2D eigenvalue weighted by atomic mass is 32.1. The summed E-state index contributed by atoms with van der Waals surface area (Å²) in [5.74, 6) is 10.0. The van der Waals surface area contributed by atoms with E-state index in [0.29, 0.717) is 109 Å². The van der Waals surface area contributed by atoms with Crippen LogP contribution in [0.2, 0.25) is 0 Å². The Hall–Kier alpha value is -8.65. The predicted molar refractivity (Wildman–Crippen MR) is 463 cm³/mol. The van der Waals surface area contributed by atoms with Crippen molar-refractivity contribution in [1.82, 2.24) is 98.7 Å². The first kappa shape index (κ1) is 101. The lowest BCUT2D eigenvalue weighted by molar-refractivity contribution is -0.141. The minimum absolute atomic E-state index is 0.0511. The van der Waals surface area contributed by atoms with Crippen molar-refractivity contribution in [2.45, 2.75) is 283 Å². The Bertz CT molecular complexity index is 4070. The van der Waals surface area contributed by atoms with Gasteiger partial charge in [-0.1, -0.05) is 163 Å². The lowest BCUT2D eigenvalue weighted by atomic mass is 10.0. The molecule has 1 aliphatic carbocycles. The molecule has 0 aromatic carbocycles. The smallest absolute Gasteiger partial charge is 0.435 e. The number of amides is 1. The zero-order valence-corrected chi connectivity index (χ0v) is 77.5. The van der Waals surface area contributed by atoms with E-state index < -0.39 is 11.9 Å². The first-order valence-electron chi connectivity index (χ1n) is 40.6. The third-order valence-corrected chi connectivity index (χ3v) is 20.5. The molecule has 0 unspecified atom stereocenters. The van der Waals surface area contributed by atoms with Crippen molar-refractivity contribution in [1.29, 1.82) is 0 Å². The Morgan fingerprint density at radius 3 is 1.50 bits per heavy atom. The first-order valence-corrected chi connectivity index (χ1v) is 42.9. The van der Waals surface area contributed by atoms with E-state index in [1.807, 2.05) is 115 Å². The fraction of sp³-hybridized carbons (Fsp3) is 0.605. The second-order valence-electron chi connectivity index (χ2n) is 32.5. The average molecular weight is 1680 g/mol. The zero-order chi connectivity index (χ0) is 87.6. The number of aromatic nitrogens is 19. The second kappa shape index (κ2) is 50.3. The van der Waals surface area contributed by atoms with Gasteiger partial charge < -0.3 is 27.9 Å². The Morgan fingerprint density at radius 1 is 0.547 bits per heavy atom. The van der Waals surface area contributed by atoms with Crippen LogP contribution >= 0.6 is 34.4 Å². The number of H-pyrrole nitrogens is 1. The standard InChI is InChI=1S/C12H19N3O2.C10H14N2.C9H14N2O.C8H9F3N2.C7H12N2.2C7H11NO.2C7H11NS.C6H11N3.C6H10N2S/c1-9(2)10-8-11(14(3)13-10)12(16)15-4-6-17-7-5-15;1-7(2)9-5-6-11-10(12-9)8-3-4-8;1-6(2)8-3-9(11-10-8)7-4-12-5-7;1-5(2)6-3-4-7(13-12-6)8(9,10)11;1-6(2)7-4-9(3)5-8-7;1-5(2)7-8-4-6(3)9-7;2*1-5(2)7-4-6(3)9-8-7;1-5(2)7-4-6(3)8-9-7;1-5(2)6-4-9(3)8-7-6;1-4(2)6-8-7-5(3)9-6/h8-9H,4-7H2,1-3H3;5-8H,3-4H2,1-2H3;3,6-7H,4-5H2,1-2H3,(H,10,11);3-5H,1-2H3;4-6H,1-3H3;5*4-5H,1-3H3;4H,1-3H3. The summed E-state index contributed by atoms with van der Waals surface area (Å²) in [6, 6.07) is 14.6. The van der Waals surface area contributed by atoms with Crippen LogP contribution in [0.3, 0.4) is 0 Å². The third-order valence-electron chi connectivity index (χ3n) is 17.5. The van der Waals surface area contributed by atoms with Gasteiger partial charge in [-0.15, -0.1) is 31.7 Å². The molecule has 11 aromatic heterocycles. The number of aromatic amines is 1. The monoisotopic (exact) mass is 1680 g/mol. The van der Waals surface area contributed by atoms with Gasteiger partial charge in [0.1, 0.15) is 33.1 Å². The Labute approximate surface area is 705 Å². The number of nitrogens with zero attached hydrogens (tertiary/aromatic N) is 19. The number of ether oxygens (including phenoxy) is 2. The summed E-state index contributed by atoms with van der Waals surface area (Å²) < 4.78 is 70.3. The molecule has 11 aromatic rings. The van der Waals surface area contributed by atoms with E-state index in [2.05, 4.69) is 243 Å². The van der Waals surface area contributed by atoms with E-state index in [-0.39, 0.29) is 11.8 Å². The summed E-state index contributed by atoms with van der Waals surface area (Å²) in [4.78, 5) is 33.8. The number of carbonyl (C=O) groups is 1. The number of hydrogen-bond acceptors (Lipinski definition) is 23. The van der Waals surface area contributed by atoms with Crippen LogP contribution in [0.5, 0.6) is 0 Å². The van der Waals surface area contributed by atoms with E-state index >= 15 is 0 Å². The molecule has 1 amide bonds. The molecule has 31 heteroatoms. The number of carbonyl (C=O) groups excluding carboxylic acids is 1. The van der Waals surface area contributed by atoms with Crippen LogP contribution in [-0.2, 0) is 36.8 Å². The van der Waals surface area contributed by atoms with Gasteiger partial charge in [0.05, 0.1) is 84.5 Å². The van der Waals surface area contributed by atoms with Gasteiger partial charge in [0, 0.05) is 104 Å². The van der Waals surface area contributed by atoms with Crippen LogP contribution in [-0.4, -0.2) is 144 Å². The minimum atomic E-state index is -4.40. The van der Waals surface area contributed by atoms with Gasteiger partial charge in [0.2, 0.25) is 0 Å². The van der Waals surface area contributed by atoms with Gasteiger partial charge in [-0.25, -0.2) is 19.9 Å². The maximum Gasteiger partial charge on any atom is 0.435 e. The molecule has 646 valence electrons. The maximum absolute atomic E-state index is 12.3. The van der Waals surface area contributed by atoms with Gasteiger partial charge in [0.15, 0.2) is 11.6 Å². The second-order valence-corrected chi connectivity index (χ2v) is 35.5. The summed E-state index contributed by atoms with van der Waals surface area (Å²) in [7, 11) is 5.68. The number of nitrogens with one attached hydrogen (secondary N) is 1. The molecule has 117 heavy (non-hydrogen) atoms. The Morgan fingerprint density at radius 2 is 1.16 bits per heavy atom. The molecule has 0 atom stereocenters. The van der Waals surface area contributed by atoms with Gasteiger partial charge in [-0.2, -0.15) is 37.2 Å². The maximum atomic E-state index is 12.3. The number of imidazole rings is 1. The fourth-order valence-corrected chi connectivity index (χ4v) is 11.9. The normalized spacial score (nSPS) is 13.1. The lowest BCUT2D eigenvalue weighted by Gasteiger charge is -2.26. The summed E-state index contributed by atoms with van der Waals surface area (Å²) in [6.07, 6.45) is 7.60. The number of morpholine rings is 1. The average Bonchev–Trinajstić information content (AvgIpc) is 1.68. The number of halogens is 3. The van der Waals surface area contributed by atoms with E-state index in [0.717, 1.165) is 86.7 Å². The van der Waals surface area contributed by atoms with Gasteiger partial charge in [-0.3, -0.25) is 19.3 Å². The molecule has 25 nitrogen and oxygen atoms in total. The fourth-order valence-electron chi connectivity index (χ4n) is 9.74. The number of rotatable bonds is 14. The van der Waals surface area contributed by atoms with Crippen LogP contribution in [0.25, 0.3) is 0 Å². The van der Waals surface area contributed by atoms with Crippen LogP contribution in [0.1, 0.15) is 358 Å². The summed E-state index contributed by atoms with van der Waals surface area (Å²) in [5, 5.41) is 39.9. The molecular formula is C86H133F3N20O5S3. The van der Waals surface area contributed by atoms with Crippen molar-refractivity contribution in [3.8, 4) is 0 Å². The SMILES string of the molecule is CC(C)c1cc(C(=O)N2CCOCC2)n(C)n1.CC(C)c1cc(C2COC2)[nH]n1.CC(C)c1ccc(C(F)(F)F)nn1.CC(C)c1ccnc(C2CC2)n1.CC(C)c1cn(C)cn1.CC(C)c1cn(C)nn1.Cc1cc(C(C)C)no1.Cc1cc(C(C)C)ns1.Cc1cc(C(C)C)sn1.Cc1cnc(C(C)C)o1.Cc1nnc(C(C)C)s1. The van der Waals surface area contributed by atoms with E-state index in [1.165, 1.54) is 45.7 Å². The summed E-state index contributed by atoms with van der Waals surface area (Å²) in [6.45, 7) is 60.4. The molecule has 1 saturated carbocycles. The quantitative estimate of drug-likeness (QED) is 0.106. The van der Waals surface area contributed by atoms with Crippen LogP contribution < -0.4 is 0 Å². The largest absolute Gasteiger partial charge is 0.446 e. The van der Waals surface area contributed by atoms with Crippen molar-refractivity contribution in [3.63, 3.8) is 0 Å². The lowest BCUT2D eigenvalue weighted by Crippen LogP contribution is -2.41. The first-order chi connectivity index (χ1) is 54.9. The van der Waals surface area contributed by atoms with Crippen LogP contribution in [0.4, 0.5) is 13.2 Å². The highest BCUT2D eigenvalue weighted by Crippen LogP contribution is 2.38. The highest BCUT2D eigenvalue weighted by molar-refractivity contribution is 7.11. The van der Waals surface area contributed by atoms with Crippen molar-refractivity contribution in [3.05, 3.63) is 191 Å². The molecule has 0 bridgehead atoms. The van der Waals surface area contributed by atoms with E-state index in [4.69, 9.17) is 18.4 Å². The van der Waals surface area contributed by atoms with Gasteiger partial charge in [-0.05, 0) is 166 Å². The Balaban J connectivity index is 0.000000273. The summed E-state index contributed by atoms with van der Waals surface area (Å²) >= 11 is 4.86. The molecule has 2 saturated heterocycles. The van der Waals surface area contributed by atoms with E-state index in [9.17, 15) is 18.0 Å². The molecule has 3 fully saturated rings.